The zero-order valence-electron chi connectivity index (χ0n) is 31.8. The van der Waals surface area contributed by atoms with Crippen molar-refractivity contribution in [2.45, 2.75) is 29.1 Å². The number of anilines is 4. The quantitative estimate of drug-likeness (QED) is 0.187. The number of nitrogens with zero attached hydrogens (tertiary/aromatic N) is 4. The van der Waals surface area contributed by atoms with E-state index in [4.69, 9.17) is 0 Å². The maximum atomic E-state index is 11.3. The smallest absolute Gasteiger partial charge is 0.0834 e. The summed E-state index contributed by atoms with van der Waals surface area (Å²) in [5.41, 5.74) is 14.0. The maximum absolute atomic E-state index is 11.3. The standard InChI is InChI=1S/C51H36N4O2S/c1-51(2)39-13-5-8-16-45(39)54(56)46-25-21-33(29-40(46)51)52-41-14-6-3-11-35(41)37-27-31(19-23-43(37)52)32-20-24-44-38(28-32)36-12-4-7-15-42(36)53(44)34-22-26-48-50(30-34)58-49-18-10-9-17-47(49)55(48)57/h3-30,56-57H,1-2H3. The molecule has 12 rings (SSSR count). The van der Waals surface area contributed by atoms with Gasteiger partial charge in [-0.15, -0.1) is 0 Å². The van der Waals surface area contributed by atoms with Crippen molar-refractivity contribution in [2.75, 3.05) is 10.1 Å². The Morgan fingerprint density at radius 3 is 1.55 bits per heavy atom. The second-order valence-electron chi connectivity index (χ2n) is 15.9. The average molecular weight is 769 g/mol. The molecule has 0 radical (unpaired) electrons. The van der Waals surface area contributed by atoms with E-state index >= 15 is 0 Å². The molecule has 8 aromatic carbocycles. The minimum atomic E-state index is -0.305. The fourth-order valence-electron chi connectivity index (χ4n) is 9.54. The number of fused-ring (bicyclic) bond motifs is 10. The predicted molar refractivity (Wildman–Crippen MR) is 238 cm³/mol. The molecule has 0 fully saturated rings. The monoisotopic (exact) mass is 768 g/mol. The van der Waals surface area contributed by atoms with Crippen LogP contribution in [-0.4, -0.2) is 19.5 Å². The lowest BCUT2D eigenvalue weighted by atomic mass is 9.74. The highest BCUT2D eigenvalue weighted by molar-refractivity contribution is 7.99. The van der Waals surface area contributed by atoms with Crippen LogP contribution in [0.2, 0.25) is 0 Å². The topological polar surface area (TPSA) is 56.8 Å². The van der Waals surface area contributed by atoms with Gasteiger partial charge < -0.3 is 9.13 Å². The predicted octanol–water partition coefficient (Wildman–Crippen LogP) is 13.7. The van der Waals surface area contributed by atoms with Gasteiger partial charge in [-0.1, -0.05) is 104 Å². The largest absolute Gasteiger partial charge is 0.309 e. The van der Waals surface area contributed by atoms with Crippen molar-refractivity contribution >= 4 is 78.1 Å². The maximum Gasteiger partial charge on any atom is 0.0834 e. The van der Waals surface area contributed by atoms with Crippen LogP contribution in [-0.2, 0) is 5.41 Å². The Bertz CT molecular complexity index is 3360. The molecular weight excluding hydrogens is 733 g/mol. The fraction of sp³-hybridized carbons (Fsp3) is 0.0588. The van der Waals surface area contributed by atoms with Gasteiger partial charge in [0.05, 0.1) is 44.8 Å². The molecule has 2 N–H and O–H groups in total. The normalized spacial score (nSPS) is 14.2. The third kappa shape index (κ3) is 4.63. The minimum absolute atomic E-state index is 0.305. The van der Waals surface area contributed by atoms with E-state index in [2.05, 4.69) is 138 Å². The lowest BCUT2D eigenvalue weighted by molar-refractivity contribution is 0.293. The van der Waals surface area contributed by atoms with Crippen LogP contribution in [0.1, 0.15) is 25.0 Å². The summed E-state index contributed by atoms with van der Waals surface area (Å²) in [5.74, 6) is 0. The molecule has 0 atom stereocenters. The Morgan fingerprint density at radius 2 is 0.879 bits per heavy atom. The van der Waals surface area contributed by atoms with E-state index in [0.29, 0.717) is 0 Å². The Morgan fingerprint density at radius 1 is 0.397 bits per heavy atom. The van der Waals surface area contributed by atoms with E-state index in [1.54, 1.807) is 11.8 Å². The van der Waals surface area contributed by atoms with Gasteiger partial charge in [-0.25, -0.2) is 10.1 Å². The van der Waals surface area contributed by atoms with Crippen molar-refractivity contribution in [1.29, 1.82) is 0 Å². The number of rotatable bonds is 3. The molecule has 0 aliphatic carbocycles. The number of hydrogen-bond acceptors (Lipinski definition) is 5. The van der Waals surface area contributed by atoms with E-state index < -0.39 is 0 Å². The summed E-state index contributed by atoms with van der Waals surface area (Å²) in [6.45, 7) is 4.48. The van der Waals surface area contributed by atoms with Crippen LogP contribution in [0.15, 0.2) is 180 Å². The molecule has 0 amide bonds. The first-order valence-electron chi connectivity index (χ1n) is 19.6. The van der Waals surface area contributed by atoms with Gasteiger partial charge in [-0.05, 0) is 113 Å². The molecule has 2 aromatic heterocycles. The molecule has 6 nitrogen and oxygen atoms in total. The molecule has 0 spiro atoms. The summed E-state index contributed by atoms with van der Waals surface area (Å²) in [4.78, 5) is 2.03. The highest BCUT2D eigenvalue weighted by Crippen LogP contribution is 2.50. The zero-order chi connectivity index (χ0) is 38.9. The number of aromatic nitrogens is 2. The van der Waals surface area contributed by atoms with Crippen LogP contribution >= 0.6 is 11.8 Å². The molecule has 4 heterocycles. The Kier molecular flexibility index (Phi) is 6.97. The van der Waals surface area contributed by atoms with E-state index in [0.717, 1.165) is 88.2 Å². The average Bonchev–Trinajstić information content (AvgIpc) is 3.78. The second-order valence-corrected chi connectivity index (χ2v) is 16.9. The van der Waals surface area contributed by atoms with E-state index in [1.807, 2.05) is 54.6 Å². The van der Waals surface area contributed by atoms with Gasteiger partial charge in [-0.3, -0.25) is 10.4 Å². The van der Waals surface area contributed by atoms with Crippen LogP contribution < -0.4 is 10.1 Å². The Hall–Kier alpha value is -6.77. The van der Waals surface area contributed by atoms with Gasteiger partial charge >= 0.3 is 0 Å². The van der Waals surface area contributed by atoms with Crippen molar-refractivity contribution in [3.63, 3.8) is 0 Å². The van der Waals surface area contributed by atoms with Gasteiger partial charge in [-0.2, -0.15) is 0 Å². The Balaban J connectivity index is 0.981. The first-order valence-corrected chi connectivity index (χ1v) is 20.4. The summed E-state index contributed by atoms with van der Waals surface area (Å²) in [7, 11) is 0. The lowest BCUT2D eigenvalue weighted by Crippen LogP contribution is -2.31. The molecule has 0 saturated carbocycles. The van der Waals surface area contributed by atoms with E-state index in [9.17, 15) is 10.4 Å². The van der Waals surface area contributed by atoms with Gasteiger partial charge in [0, 0.05) is 48.1 Å². The van der Waals surface area contributed by atoms with Crippen LogP contribution in [0.4, 0.5) is 22.7 Å². The van der Waals surface area contributed by atoms with Crippen molar-refractivity contribution in [3.8, 4) is 22.5 Å². The Labute approximate surface area is 339 Å². The molecule has 10 aromatic rings. The second kappa shape index (κ2) is 12.1. The summed E-state index contributed by atoms with van der Waals surface area (Å²) in [5, 5.41) is 29.8. The molecule has 0 bridgehead atoms. The summed E-state index contributed by atoms with van der Waals surface area (Å²) in [6, 6.07) is 59.7. The van der Waals surface area contributed by atoms with Crippen LogP contribution in [0.25, 0.3) is 66.1 Å². The van der Waals surface area contributed by atoms with Gasteiger partial charge in [0.25, 0.3) is 0 Å². The van der Waals surface area contributed by atoms with Crippen molar-refractivity contribution in [3.05, 3.63) is 181 Å². The number of para-hydroxylation sites is 4. The van der Waals surface area contributed by atoms with Crippen molar-refractivity contribution in [1.82, 2.24) is 9.13 Å². The molecular formula is C51H36N4O2S. The van der Waals surface area contributed by atoms with Gasteiger partial charge in [0.15, 0.2) is 0 Å². The van der Waals surface area contributed by atoms with E-state index in [-0.39, 0.29) is 5.41 Å². The first-order chi connectivity index (χ1) is 28.3. The number of benzene rings is 8. The highest BCUT2D eigenvalue weighted by atomic mass is 32.2. The third-order valence-electron chi connectivity index (χ3n) is 12.4. The third-order valence-corrected chi connectivity index (χ3v) is 13.5. The molecule has 7 heteroatoms. The highest BCUT2D eigenvalue weighted by Gasteiger charge is 2.36. The molecule has 58 heavy (non-hydrogen) atoms. The minimum Gasteiger partial charge on any atom is -0.309 e. The number of hydrogen-bond donors (Lipinski definition) is 2. The molecule has 278 valence electrons. The molecule has 0 saturated heterocycles. The lowest BCUT2D eigenvalue weighted by Gasteiger charge is -2.39. The van der Waals surface area contributed by atoms with Crippen molar-refractivity contribution < 1.29 is 10.4 Å². The van der Waals surface area contributed by atoms with E-state index in [1.165, 1.54) is 31.7 Å². The molecule has 2 aliphatic heterocycles. The fourth-order valence-corrected chi connectivity index (χ4v) is 10.6. The van der Waals surface area contributed by atoms with Gasteiger partial charge in [0.2, 0.25) is 0 Å². The summed E-state index contributed by atoms with van der Waals surface area (Å²) in [6.07, 6.45) is 0. The summed E-state index contributed by atoms with van der Waals surface area (Å²) < 4.78 is 4.69. The van der Waals surface area contributed by atoms with Gasteiger partial charge in [0.1, 0.15) is 0 Å². The molecule has 2 aliphatic rings. The van der Waals surface area contributed by atoms with Crippen molar-refractivity contribution in [2.24, 2.45) is 0 Å². The van der Waals surface area contributed by atoms with Crippen LogP contribution in [0.3, 0.4) is 0 Å². The first kappa shape index (κ1) is 33.4. The zero-order valence-corrected chi connectivity index (χ0v) is 32.6. The summed E-state index contributed by atoms with van der Waals surface area (Å²) >= 11 is 1.68. The van der Waals surface area contributed by atoms with Crippen LogP contribution in [0.5, 0.6) is 0 Å². The van der Waals surface area contributed by atoms with Crippen LogP contribution in [0, 0.1) is 0 Å². The molecule has 0 unspecified atom stereocenters. The SMILES string of the molecule is CC1(C)c2ccccc2N(O)c2ccc(-n3c4ccccc4c4cc(-c5ccc6c(c5)c5ccccc5n6-c5ccc6c(c5)Sc5ccccc5N6O)ccc43)cc21.